The summed E-state index contributed by atoms with van der Waals surface area (Å²) >= 11 is 3.62. The molecule has 1 aromatic heterocycles. The molecule has 106 valence electrons. The van der Waals surface area contributed by atoms with Crippen LogP contribution in [0.1, 0.15) is 41.8 Å². The van der Waals surface area contributed by atoms with Gasteiger partial charge in [0, 0.05) is 16.4 Å². The fraction of sp³-hybridized carbons (Fsp3) is 0.353. The SMILES string of the molecule is CCCNC(c1ccc(C)nc1)c1ccc(C)c(Br)c1. The Bertz CT molecular complexity index is 564. The standard InChI is InChI=1S/C17H21BrN2/c1-4-9-19-17(15-8-6-13(3)20-11-15)14-7-5-12(2)16(18)10-14/h5-8,10-11,17,19H,4,9H2,1-3H3. The molecule has 0 aliphatic heterocycles. The van der Waals surface area contributed by atoms with Crippen LogP contribution in [0.4, 0.5) is 0 Å². The molecule has 3 heteroatoms. The minimum absolute atomic E-state index is 0.194. The summed E-state index contributed by atoms with van der Waals surface area (Å²) in [5.41, 5.74) is 4.78. The normalized spacial score (nSPS) is 12.4. The highest BCUT2D eigenvalue weighted by Gasteiger charge is 2.14. The second kappa shape index (κ2) is 7.00. The molecule has 0 amide bonds. The van der Waals surface area contributed by atoms with Crippen molar-refractivity contribution in [3.8, 4) is 0 Å². The van der Waals surface area contributed by atoms with E-state index >= 15 is 0 Å². The Balaban J connectivity index is 2.35. The van der Waals surface area contributed by atoms with Gasteiger partial charge < -0.3 is 5.32 Å². The van der Waals surface area contributed by atoms with Crippen molar-refractivity contribution >= 4 is 15.9 Å². The Morgan fingerprint density at radius 1 is 1.15 bits per heavy atom. The second-order valence-electron chi connectivity index (χ2n) is 5.13. The first-order valence-corrected chi connectivity index (χ1v) is 7.83. The van der Waals surface area contributed by atoms with Crippen LogP contribution in [0.2, 0.25) is 0 Å². The Morgan fingerprint density at radius 3 is 2.50 bits per heavy atom. The summed E-state index contributed by atoms with van der Waals surface area (Å²) in [6, 6.07) is 11.0. The number of pyridine rings is 1. The number of hydrogen-bond donors (Lipinski definition) is 1. The van der Waals surface area contributed by atoms with Crippen LogP contribution in [-0.2, 0) is 0 Å². The van der Waals surface area contributed by atoms with Gasteiger partial charge in [-0.1, -0.05) is 41.1 Å². The van der Waals surface area contributed by atoms with Crippen LogP contribution < -0.4 is 5.32 Å². The Labute approximate surface area is 129 Å². The van der Waals surface area contributed by atoms with E-state index < -0.39 is 0 Å². The van der Waals surface area contributed by atoms with Gasteiger partial charge in [0.1, 0.15) is 0 Å². The van der Waals surface area contributed by atoms with E-state index in [9.17, 15) is 0 Å². The molecular formula is C17H21BrN2. The molecule has 0 aliphatic rings. The maximum atomic E-state index is 4.42. The third-order valence-corrected chi connectivity index (χ3v) is 4.25. The summed E-state index contributed by atoms with van der Waals surface area (Å²) in [5.74, 6) is 0. The van der Waals surface area contributed by atoms with Crippen LogP contribution in [0, 0.1) is 13.8 Å². The molecule has 2 aromatic rings. The average Bonchev–Trinajstić information content (AvgIpc) is 2.45. The smallest absolute Gasteiger partial charge is 0.0592 e. The highest BCUT2D eigenvalue weighted by atomic mass is 79.9. The Kier molecular flexibility index (Phi) is 5.32. The van der Waals surface area contributed by atoms with Crippen LogP contribution in [0.5, 0.6) is 0 Å². The highest BCUT2D eigenvalue weighted by Crippen LogP contribution is 2.26. The monoisotopic (exact) mass is 332 g/mol. The van der Waals surface area contributed by atoms with Gasteiger partial charge in [0.05, 0.1) is 6.04 Å². The van der Waals surface area contributed by atoms with E-state index in [0.29, 0.717) is 0 Å². The highest BCUT2D eigenvalue weighted by molar-refractivity contribution is 9.10. The summed E-state index contributed by atoms with van der Waals surface area (Å²) in [6.45, 7) is 7.29. The first-order chi connectivity index (χ1) is 9.61. The van der Waals surface area contributed by atoms with Gasteiger partial charge in [-0.15, -0.1) is 0 Å². The molecule has 1 aromatic carbocycles. The van der Waals surface area contributed by atoms with Crippen LogP contribution in [0.15, 0.2) is 41.0 Å². The minimum atomic E-state index is 0.194. The van der Waals surface area contributed by atoms with Crippen molar-refractivity contribution in [3.63, 3.8) is 0 Å². The average molecular weight is 333 g/mol. The van der Waals surface area contributed by atoms with Crippen LogP contribution >= 0.6 is 15.9 Å². The van der Waals surface area contributed by atoms with E-state index in [1.54, 1.807) is 0 Å². The molecule has 1 N–H and O–H groups in total. The summed E-state index contributed by atoms with van der Waals surface area (Å²) in [4.78, 5) is 4.42. The summed E-state index contributed by atoms with van der Waals surface area (Å²) in [7, 11) is 0. The molecule has 0 bridgehead atoms. The second-order valence-corrected chi connectivity index (χ2v) is 5.98. The van der Waals surface area contributed by atoms with Crippen molar-refractivity contribution in [1.82, 2.24) is 10.3 Å². The third kappa shape index (κ3) is 3.68. The first-order valence-electron chi connectivity index (χ1n) is 7.03. The summed E-state index contributed by atoms with van der Waals surface area (Å²) in [6.07, 6.45) is 3.08. The maximum Gasteiger partial charge on any atom is 0.0592 e. The number of aryl methyl sites for hydroxylation is 2. The quantitative estimate of drug-likeness (QED) is 0.868. The molecule has 0 spiro atoms. The zero-order valence-electron chi connectivity index (χ0n) is 12.3. The lowest BCUT2D eigenvalue weighted by Gasteiger charge is -2.20. The summed E-state index contributed by atoms with van der Waals surface area (Å²) in [5, 5.41) is 3.61. The third-order valence-electron chi connectivity index (χ3n) is 3.40. The molecule has 2 rings (SSSR count). The number of rotatable bonds is 5. The number of nitrogens with zero attached hydrogens (tertiary/aromatic N) is 1. The molecule has 1 atom stereocenters. The lowest BCUT2D eigenvalue weighted by molar-refractivity contribution is 0.596. The van der Waals surface area contributed by atoms with Crippen molar-refractivity contribution in [2.24, 2.45) is 0 Å². The van der Waals surface area contributed by atoms with Gasteiger partial charge >= 0.3 is 0 Å². The predicted molar refractivity (Wildman–Crippen MR) is 88.0 cm³/mol. The predicted octanol–water partition coefficient (Wildman–Crippen LogP) is 4.55. The molecule has 1 heterocycles. The van der Waals surface area contributed by atoms with E-state index in [2.05, 4.69) is 70.4 Å². The molecule has 0 saturated carbocycles. The van der Waals surface area contributed by atoms with Crippen LogP contribution in [0.25, 0.3) is 0 Å². The van der Waals surface area contributed by atoms with Crippen molar-refractivity contribution < 1.29 is 0 Å². The molecule has 0 radical (unpaired) electrons. The molecular weight excluding hydrogens is 312 g/mol. The van der Waals surface area contributed by atoms with Gasteiger partial charge in [0.25, 0.3) is 0 Å². The van der Waals surface area contributed by atoms with Gasteiger partial charge in [-0.2, -0.15) is 0 Å². The molecule has 0 aliphatic carbocycles. The zero-order valence-corrected chi connectivity index (χ0v) is 13.9. The largest absolute Gasteiger partial charge is 0.306 e. The summed E-state index contributed by atoms with van der Waals surface area (Å²) < 4.78 is 1.15. The van der Waals surface area contributed by atoms with Crippen LogP contribution in [0.3, 0.4) is 0 Å². The fourth-order valence-corrected chi connectivity index (χ4v) is 2.55. The topological polar surface area (TPSA) is 24.9 Å². The molecule has 0 fully saturated rings. The fourth-order valence-electron chi connectivity index (χ4n) is 2.16. The first kappa shape index (κ1) is 15.2. The number of nitrogens with one attached hydrogen (secondary N) is 1. The van der Waals surface area contributed by atoms with Crippen molar-refractivity contribution in [2.75, 3.05) is 6.54 Å². The maximum absolute atomic E-state index is 4.42. The van der Waals surface area contributed by atoms with E-state index in [1.807, 2.05) is 13.1 Å². The molecule has 1 unspecified atom stereocenters. The number of benzene rings is 1. The minimum Gasteiger partial charge on any atom is -0.306 e. The van der Waals surface area contributed by atoms with Crippen molar-refractivity contribution in [2.45, 2.75) is 33.2 Å². The lowest BCUT2D eigenvalue weighted by Crippen LogP contribution is -2.23. The van der Waals surface area contributed by atoms with E-state index in [4.69, 9.17) is 0 Å². The zero-order chi connectivity index (χ0) is 14.5. The van der Waals surface area contributed by atoms with Gasteiger partial charge in [-0.3, -0.25) is 4.98 Å². The van der Waals surface area contributed by atoms with Gasteiger partial charge in [0.2, 0.25) is 0 Å². The molecule has 20 heavy (non-hydrogen) atoms. The number of halogens is 1. The molecule has 2 nitrogen and oxygen atoms in total. The molecule has 0 saturated heterocycles. The van der Waals surface area contributed by atoms with E-state index in [1.165, 1.54) is 16.7 Å². The Morgan fingerprint density at radius 2 is 1.90 bits per heavy atom. The lowest BCUT2D eigenvalue weighted by atomic mass is 9.99. The number of hydrogen-bond acceptors (Lipinski definition) is 2. The van der Waals surface area contributed by atoms with Crippen LogP contribution in [-0.4, -0.2) is 11.5 Å². The van der Waals surface area contributed by atoms with Gasteiger partial charge in [-0.05, 0) is 55.6 Å². The Hall–Kier alpha value is -1.19. The van der Waals surface area contributed by atoms with Gasteiger partial charge in [0.15, 0.2) is 0 Å². The van der Waals surface area contributed by atoms with Crippen molar-refractivity contribution in [1.29, 1.82) is 0 Å². The van der Waals surface area contributed by atoms with E-state index in [-0.39, 0.29) is 6.04 Å². The van der Waals surface area contributed by atoms with Gasteiger partial charge in [-0.25, -0.2) is 0 Å². The number of aromatic nitrogens is 1. The van der Waals surface area contributed by atoms with Crippen molar-refractivity contribution in [3.05, 3.63) is 63.4 Å². The van der Waals surface area contributed by atoms with E-state index in [0.717, 1.165) is 23.1 Å².